The van der Waals surface area contributed by atoms with Gasteiger partial charge < -0.3 is 20.1 Å². The van der Waals surface area contributed by atoms with Crippen LogP contribution in [0.5, 0.6) is 0 Å². The van der Waals surface area contributed by atoms with Gasteiger partial charge in [-0.05, 0) is 43.9 Å². The molecule has 2 rings (SSSR count). The summed E-state index contributed by atoms with van der Waals surface area (Å²) in [4.78, 5) is 10.7. The molecule has 0 aromatic heterocycles. The number of carboxylic acids is 1. The van der Waals surface area contributed by atoms with Crippen LogP contribution in [-0.4, -0.2) is 46.2 Å². The van der Waals surface area contributed by atoms with E-state index in [1.807, 2.05) is 12.2 Å². The number of carboxylic acid groups (broad SMARTS) is 1. The molecule has 1 aliphatic carbocycles. The van der Waals surface area contributed by atoms with Crippen molar-refractivity contribution >= 4 is 5.97 Å². The smallest absolute Gasteiger partial charge is 0.303 e. The molecule has 1 aliphatic heterocycles. The molecule has 2 aliphatic rings. The van der Waals surface area contributed by atoms with Gasteiger partial charge in [0, 0.05) is 25.4 Å². The number of aliphatic hydroxyl groups is 2. The number of hydrogen-bond donors (Lipinski definition) is 3. The van der Waals surface area contributed by atoms with Crippen LogP contribution in [0, 0.1) is 17.8 Å². The monoisotopic (exact) mass is 368 g/mol. The fourth-order valence-electron chi connectivity index (χ4n) is 4.44. The van der Waals surface area contributed by atoms with Crippen molar-refractivity contribution in [2.24, 2.45) is 17.8 Å². The molecular formula is C21H36O5. The summed E-state index contributed by atoms with van der Waals surface area (Å²) < 4.78 is 6.08. The number of unbranched alkanes of at least 4 members (excludes halogenated alkanes) is 2. The summed E-state index contributed by atoms with van der Waals surface area (Å²) in [5.41, 5.74) is 0. The molecule has 1 heterocycles. The molecule has 0 spiro atoms. The second-order valence-corrected chi connectivity index (χ2v) is 8.09. The van der Waals surface area contributed by atoms with Gasteiger partial charge in [-0.3, -0.25) is 4.79 Å². The van der Waals surface area contributed by atoms with Gasteiger partial charge >= 0.3 is 5.97 Å². The number of carbonyl (C=O) groups is 1. The van der Waals surface area contributed by atoms with E-state index in [9.17, 15) is 15.0 Å². The third-order valence-electron chi connectivity index (χ3n) is 6.01. The van der Waals surface area contributed by atoms with E-state index in [-0.39, 0.29) is 18.4 Å². The molecule has 1 saturated heterocycles. The van der Waals surface area contributed by atoms with Gasteiger partial charge in [0.25, 0.3) is 0 Å². The van der Waals surface area contributed by atoms with Crippen molar-refractivity contribution in [1.29, 1.82) is 0 Å². The van der Waals surface area contributed by atoms with Crippen molar-refractivity contribution in [3.8, 4) is 0 Å². The number of hydrogen-bond acceptors (Lipinski definition) is 4. The summed E-state index contributed by atoms with van der Waals surface area (Å²) in [5, 5.41) is 29.3. The number of rotatable bonds is 10. The molecular weight excluding hydrogens is 332 g/mol. The Kier molecular flexibility index (Phi) is 9.09. The second-order valence-electron chi connectivity index (χ2n) is 8.09. The van der Waals surface area contributed by atoms with Gasteiger partial charge in [0.2, 0.25) is 0 Å². The first-order valence-electron chi connectivity index (χ1n) is 10.4. The number of ether oxygens (including phenoxy) is 1. The standard InChI is InChI=1S/C21H36O5/c1-2-3-4-7-16(22)10-12-17-18-11-9-15(6-5-8-21(24)25)14-26-20(18)13-19(17)23/h10,12,15-20,22-23H,2-9,11,13-14H2,1H3,(H,24,25)/t15-,16-,17+,18+,19+,20-/m0/s1. The summed E-state index contributed by atoms with van der Waals surface area (Å²) in [6.07, 6.45) is 11.7. The number of aliphatic hydroxyl groups excluding tert-OH is 2. The normalized spacial score (nSPS) is 33.1. The first-order chi connectivity index (χ1) is 12.5. The maximum Gasteiger partial charge on any atom is 0.303 e. The molecule has 26 heavy (non-hydrogen) atoms. The minimum Gasteiger partial charge on any atom is -0.481 e. The Bertz CT molecular complexity index is 450. The number of fused-ring (bicyclic) bond motifs is 1. The van der Waals surface area contributed by atoms with Crippen molar-refractivity contribution in [1.82, 2.24) is 0 Å². The second kappa shape index (κ2) is 11.1. The van der Waals surface area contributed by atoms with Gasteiger partial charge in [-0.15, -0.1) is 0 Å². The van der Waals surface area contributed by atoms with E-state index < -0.39 is 18.2 Å². The quantitative estimate of drug-likeness (QED) is 0.406. The summed E-state index contributed by atoms with van der Waals surface area (Å²) in [6, 6.07) is 0. The van der Waals surface area contributed by atoms with Crippen LogP contribution in [0.1, 0.15) is 71.1 Å². The van der Waals surface area contributed by atoms with E-state index in [2.05, 4.69) is 6.92 Å². The van der Waals surface area contributed by atoms with E-state index in [4.69, 9.17) is 9.84 Å². The largest absolute Gasteiger partial charge is 0.481 e. The molecule has 5 nitrogen and oxygen atoms in total. The van der Waals surface area contributed by atoms with Crippen molar-refractivity contribution in [3.05, 3.63) is 12.2 Å². The van der Waals surface area contributed by atoms with Crippen molar-refractivity contribution in [3.63, 3.8) is 0 Å². The Hall–Kier alpha value is -0.910. The zero-order valence-corrected chi connectivity index (χ0v) is 16.1. The van der Waals surface area contributed by atoms with Gasteiger partial charge in [-0.1, -0.05) is 38.3 Å². The third kappa shape index (κ3) is 6.67. The van der Waals surface area contributed by atoms with Crippen LogP contribution in [0.4, 0.5) is 0 Å². The fraction of sp³-hybridized carbons (Fsp3) is 0.857. The highest BCUT2D eigenvalue weighted by Crippen LogP contribution is 2.42. The van der Waals surface area contributed by atoms with Gasteiger partial charge in [0.05, 0.1) is 18.3 Å². The molecule has 0 radical (unpaired) electrons. The average molecular weight is 369 g/mol. The van der Waals surface area contributed by atoms with Gasteiger partial charge in [0.15, 0.2) is 0 Å². The van der Waals surface area contributed by atoms with E-state index in [1.165, 1.54) is 0 Å². The molecule has 2 fully saturated rings. The molecule has 6 atom stereocenters. The Morgan fingerprint density at radius 2 is 2.08 bits per heavy atom. The summed E-state index contributed by atoms with van der Waals surface area (Å²) in [6.45, 7) is 2.82. The highest BCUT2D eigenvalue weighted by atomic mass is 16.5. The summed E-state index contributed by atoms with van der Waals surface area (Å²) in [5.74, 6) is 0.0377. The zero-order valence-electron chi connectivity index (χ0n) is 16.1. The molecule has 0 amide bonds. The molecule has 0 bridgehead atoms. The molecule has 0 unspecified atom stereocenters. The topological polar surface area (TPSA) is 87.0 Å². The number of aliphatic carboxylic acids is 1. The lowest BCUT2D eigenvalue weighted by Gasteiger charge is -2.21. The minimum atomic E-state index is -0.734. The maximum atomic E-state index is 10.7. The highest BCUT2D eigenvalue weighted by Gasteiger charge is 2.43. The molecule has 1 saturated carbocycles. The van der Waals surface area contributed by atoms with Crippen LogP contribution in [0.25, 0.3) is 0 Å². The Balaban J connectivity index is 1.83. The highest BCUT2D eigenvalue weighted by molar-refractivity contribution is 5.66. The first-order valence-corrected chi connectivity index (χ1v) is 10.4. The zero-order chi connectivity index (χ0) is 18.9. The summed E-state index contributed by atoms with van der Waals surface area (Å²) in [7, 11) is 0. The van der Waals surface area contributed by atoms with E-state index >= 15 is 0 Å². The lowest BCUT2D eigenvalue weighted by Crippen LogP contribution is -2.21. The predicted octanol–water partition coefficient (Wildman–Crippen LogP) is 3.53. The van der Waals surface area contributed by atoms with Crippen LogP contribution in [-0.2, 0) is 9.53 Å². The van der Waals surface area contributed by atoms with Crippen LogP contribution in [0.2, 0.25) is 0 Å². The van der Waals surface area contributed by atoms with Crippen molar-refractivity contribution < 1.29 is 24.9 Å². The molecule has 5 heteroatoms. The molecule has 3 N–H and O–H groups in total. The first kappa shape index (κ1) is 21.4. The van der Waals surface area contributed by atoms with E-state index in [0.29, 0.717) is 31.3 Å². The summed E-state index contributed by atoms with van der Waals surface area (Å²) >= 11 is 0. The van der Waals surface area contributed by atoms with E-state index in [0.717, 1.165) is 44.9 Å². The lowest BCUT2D eigenvalue weighted by atomic mass is 9.86. The lowest BCUT2D eigenvalue weighted by molar-refractivity contribution is -0.137. The maximum absolute atomic E-state index is 10.7. The Labute approximate surface area is 157 Å². The van der Waals surface area contributed by atoms with Gasteiger partial charge in [-0.25, -0.2) is 0 Å². The van der Waals surface area contributed by atoms with Crippen LogP contribution in [0.3, 0.4) is 0 Å². The Morgan fingerprint density at radius 1 is 1.27 bits per heavy atom. The van der Waals surface area contributed by atoms with Crippen LogP contribution >= 0.6 is 0 Å². The Morgan fingerprint density at radius 3 is 2.81 bits per heavy atom. The van der Waals surface area contributed by atoms with Crippen molar-refractivity contribution in [2.75, 3.05) is 6.61 Å². The minimum absolute atomic E-state index is 0.0543. The van der Waals surface area contributed by atoms with E-state index in [1.54, 1.807) is 0 Å². The average Bonchev–Trinajstić information content (AvgIpc) is 2.75. The molecule has 150 valence electrons. The predicted molar refractivity (Wildman–Crippen MR) is 101 cm³/mol. The fourth-order valence-corrected chi connectivity index (χ4v) is 4.44. The van der Waals surface area contributed by atoms with Crippen LogP contribution < -0.4 is 0 Å². The SMILES string of the molecule is CCCCC[C@H](O)C=C[C@@H]1[C@H]2CC[C@H](CCCC(=O)O)CO[C@H]2C[C@H]1O. The van der Waals surface area contributed by atoms with Crippen LogP contribution in [0.15, 0.2) is 12.2 Å². The molecule has 0 aromatic rings. The third-order valence-corrected chi connectivity index (χ3v) is 6.01. The van der Waals surface area contributed by atoms with Gasteiger partial charge in [-0.2, -0.15) is 0 Å². The van der Waals surface area contributed by atoms with Crippen molar-refractivity contribution in [2.45, 2.75) is 89.4 Å². The van der Waals surface area contributed by atoms with Gasteiger partial charge in [0.1, 0.15) is 0 Å². The molecule has 0 aromatic carbocycles.